The summed E-state index contributed by atoms with van der Waals surface area (Å²) in [5, 5.41) is 9.17. The van der Waals surface area contributed by atoms with Gasteiger partial charge in [0.25, 0.3) is 0 Å². The fourth-order valence-corrected chi connectivity index (χ4v) is 2.68. The predicted molar refractivity (Wildman–Crippen MR) is 78.2 cm³/mol. The van der Waals surface area contributed by atoms with Crippen molar-refractivity contribution in [1.29, 1.82) is 0 Å². The Bertz CT molecular complexity index is 342. The lowest BCUT2D eigenvalue weighted by Crippen LogP contribution is -2.48. The maximum absolute atomic E-state index is 12.0. The molecule has 1 heterocycles. The van der Waals surface area contributed by atoms with Gasteiger partial charge in [-0.15, -0.1) is 0 Å². The Morgan fingerprint density at radius 1 is 1.25 bits per heavy atom. The molecule has 0 aromatic heterocycles. The zero-order valence-corrected chi connectivity index (χ0v) is 12.4. The first-order chi connectivity index (χ1) is 9.69. The van der Waals surface area contributed by atoms with Crippen molar-refractivity contribution >= 4 is 11.8 Å². The topological polar surface area (TPSA) is 70.2 Å². The van der Waals surface area contributed by atoms with Crippen molar-refractivity contribution in [2.75, 3.05) is 13.1 Å². The molecule has 20 heavy (non-hydrogen) atoms. The van der Waals surface area contributed by atoms with Gasteiger partial charge in [-0.3, -0.25) is 9.59 Å². The third-order valence-electron chi connectivity index (χ3n) is 4.23. The predicted octanol–water partition coefficient (Wildman–Crippen LogP) is 0.940. The van der Waals surface area contributed by atoms with E-state index >= 15 is 0 Å². The van der Waals surface area contributed by atoms with Crippen LogP contribution in [0.2, 0.25) is 0 Å². The van der Waals surface area contributed by atoms with Crippen LogP contribution in [-0.4, -0.2) is 37.0 Å². The van der Waals surface area contributed by atoms with Crippen LogP contribution in [0.1, 0.15) is 51.9 Å². The summed E-state index contributed by atoms with van der Waals surface area (Å²) in [7, 11) is 0. The van der Waals surface area contributed by atoms with E-state index in [4.69, 9.17) is 0 Å². The molecule has 5 nitrogen and oxygen atoms in total. The van der Waals surface area contributed by atoms with Gasteiger partial charge >= 0.3 is 0 Å². The number of piperidine rings is 1. The first-order valence-electron chi connectivity index (χ1n) is 7.99. The second-order valence-corrected chi connectivity index (χ2v) is 6.04. The van der Waals surface area contributed by atoms with Gasteiger partial charge in [0.2, 0.25) is 11.8 Å². The van der Waals surface area contributed by atoms with Crippen LogP contribution < -0.4 is 16.0 Å². The van der Waals surface area contributed by atoms with E-state index in [1.807, 2.05) is 0 Å². The number of carbonyl (C=O) groups is 2. The summed E-state index contributed by atoms with van der Waals surface area (Å²) >= 11 is 0. The van der Waals surface area contributed by atoms with Crippen molar-refractivity contribution in [1.82, 2.24) is 16.0 Å². The van der Waals surface area contributed by atoms with Gasteiger partial charge in [0.05, 0.1) is 6.04 Å². The standard InChI is InChI=1S/C15H27N3O2/c1-2-11-7-9-16-13(10-11)15(20)17-8-3-4-14(19)18-12-5-6-12/h11-13,16H,2-10H2,1H3,(H,17,20)(H,18,19). The fourth-order valence-electron chi connectivity index (χ4n) is 2.68. The van der Waals surface area contributed by atoms with Crippen LogP contribution in [0.25, 0.3) is 0 Å². The lowest BCUT2D eigenvalue weighted by atomic mass is 9.90. The first kappa shape index (κ1) is 15.3. The van der Waals surface area contributed by atoms with E-state index in [1.165, 1.54) is 6.42 Å². The Balaban J connectivity index is 1.56. The van der Waals surface area contributed by atoms with Crippen LogP contribution in [-0.2, 0) is 9.59 Å². The molecule has 0 aromatic carbocycles. The summed E-state index contributed by atoms with van der Waals surface area (Å²) in [6, 6.07) is 0.378. The van der Waals surface area contributed by atoms with E-state index in [0.29, 0.717) is 31.3 Å². The number of nitrogens with one attached hydrogen (secondary N) is 3. The average Bonchev–Trinajstić information content (AvgIpc) is 3.27. The molecule has 2 unspecified atom stereocenters. The van der Waals surface area contributed by atoms with Crippen LogP contribution in [0.4, 0.5) is 0 Å². The van der Waals surface area contributed by atoms with Crippen molar-refractivity contribution in [2.24, 2.45) is 5.92 Å². The van der Waals surface area contributed by atoms with Crippen molar-refractivity contribution in [3.8, 4) is 0 Å². The molecule has 2 atom stereocenters. The lowest BCUT2D eigenvalue weighted by molar-refractivity contribution is -0.125. The van der Waals surface area contributed by atoms with Crippen molar-refractivity contribution in [3.05, 3.63) is 0 Å². The van der Waals surface area contributed by atoms with Crippen LogP contribution >= 0.6 is 0 Å². The highest BCUT2D eigenvalue weighted by molar-refractivity contribution is 5.82. The molecule has 2 rings (SSSR count). The number of hydrogen-bond acceptors (Lipinski definition) is 3. The van der Waals surface area contributed by atoms with Gasteiger partial charge in [0.1, 0.15) is 0 Å². The van der Waals surface area contributed by atoms with Crippen molar-refractivity contribution in [3.63, 3.8) is 0 Å². The van der Waals surface area contributed by atoms with Gasteiger partial charge in [0, 0.05) is 19.0 Å². The number of amides is 2. The summed E-state index contributed by atoms with van der Waals surface area (Å²) in [6.07, 6.45) is 6.71. The average molecular weight is 281 g/mol. The molecule has 0 aromatic rings. The van der Waals surface area contributed by atoms with E-state index in [9.17, 15) is 9.59 Å². The normalized spacial score (nSPS) is 26.1. The SMILES string of the molecule is CCC1CCNC(C(=O)NCCCC(=O)NC2CC2)C1. The fraction of sp³-hybridized carbons (Fsp3) is 0.867. The summed E-state index contributed by atoms with van der Waals surface area (Å²) in [6.45, 7) is 3.70. The molecular weight excluding hydrogens is 254 g/mol. The van der Waals surface area contributed by atoms with Crippen LogP contribution in [0, 0.1) is 5.92 Å². The van der Waals surface area contributed by atoms with E-state index < -0.39 is 0 Å². The van der Waals surface area contributed by atoms with Gasteiger partial charge in [0.15, 0.2) is 0 Å². The first-order valence-corrected chi connectivity index (χ1v) is 7.99. The largest absolute Gasteiger partial charge is 0.355 e. The van der Waals surface area contributed by atoms with E-state index in [0.717, 1.165) is 32.2 Å². The molecule has 5 heteroatoms. The van der Waals surface area contributed by atoms with E-state index in [2.05, 4.69) is 22.9 Å². The Kier molecular flexibility index (Phi) is 5.83. The molecule has 1 saturated carbocycles. The minimum atomic E-state index is -0.0472. The summed E-state index contributed by atoms with van der Waals surface area (Å²) in [5.74, 6) is 0.866. The third kappa shape index (κ3) is 5.12. The highest BCUT2D eigenvalue weighted by atomic mass is 16.2. The molecule has 2 fully saturated rings. The van der Waals surface area contributed by atoms with E-state index in [1.54, 1.807) is 0 Å². The second kappa shape index (κ2) is 7.62. The number of rotatable bonds is 7. The summed E-state index contributed by atoms with van der Waals surface area (Å²) in [5.41, 5.74) is 0. The smallest absolute Gasteiger partial charge is 0.237 e. The Morgan fingerprint density at radius 3 is 2.75 bits per heavy atom. The monoisotopic (exact) mass is 281 g/mol. The number of carbonyl (C=O) groups excluding carboxylic acids is 2. The third-order valence-corrected chi connectivity index (χ3v) is 4.23. The maximum Gasteiger partial charge on any atom is 0.237 e. The highest BCUT2D eigenvalue weighted by Gasteiger charge is 2.25. The summed E-state index contributed by atoms with van der Waals surface area (Å²) in [4.78, 5) is 23.5. The Hall–Kier alpha value is -1.10. The quantitative estimate of drug-likeness (QED) is 0.608. The van der Waals surface area contributed by atoms with Gasteiger partial charge < -0.3 is 16.0 Å². The highest BCUT2D eigenvalue weighted by Crippen LogP contribution is 2.19. The van der Waals surface area contributed by atoms with Crippen molar-refractivity contribution < 1.29 is 9.59 Å². The maximum atomic E-state index is 12.0. The molecule has 2 amide bonds. The number of hydrogen-bond donors (Lipinski definition) is 3. The summed E-state index contributed by atoms with van der Waals surface area (Å²) < 4.78 is 0. The molecule has 1 aliphatic carbocycles. The van der Waals surface area contributed by atoms with Gasteiger partial charge in [-0.05, 0) is 44.6 Å². The zero-order chi connectivity index (χ0) is 14.4. The van der Waals surface area contributed by atoms with Gasteiger partial charge in [-0.2, -0.15) is 0 Å². The molecule has 0 spiro atoms. The molecular formula is C15H27N3O2. The van der Waals surface area contributed by atoms with E-state index in [-0.39, 0.29) is 17.9 Å². The second-order valence-electron chi connectivity index (χ2n) is 6.04. The molecule has 0 bridgehead atoms. The molecule has 2 aliphatic rings. The minimum absolute atomic E-state index is 0.0472. The molecule has 114 valence electrons. The molecule has 1 saturated heterocycles. The van der Waals surface area contributed by atoms with Gasteiger partial charge in [-0.25, -0.2) is 0 Å². The molecule has 3 N–H and O–H groups in total. The lowest BCUT2D eigenvalue weighted by Gasteiger charge is -2.28. The molecule has 0 radical (unpaired) electrons. The van der Waals surface area contributed by atoms with Crippen LogP contribution in [0.3, 0.4) is 0 Å². The van der Waals surface area contributed by atoms with Crippen LogP contribution in [0.15, 0.2) is 0 Å². The Morgan fingerprint density at radius 2 is 2.05 bits per heavy atom. The van der Waals surface area contributed by atoms with Gasteiger partial charge in [-0.1, -0.05) is 13.3 Å². The minimum Gasteiger partial charge on any atom is -0.355 e. The Labute approximate surface area is 121 Å². The van der Waals surface area contributed by atoms with Crippen LogP contribution in [0.5, 0.6) is 0 Å². The zero-order valence-electron chi connectivity index (χ0n) is 12.4. The molecule has 1 aliphatic heterocycles. The van der Waals surface area contributed by atoms with Crippen molar-refractivity contribution in [2.45, 2.75) is 64.0 Å².